The number of nitrogens with one attached hydrogen (secondary N) is 2. The van der Waals surface area contributed by atoms with Crippen molar-refractivity contribution < 1.29 is 4.79 Å². The number of carbonyl (C=O) groups excluding carboxylic acids is 1. The van der Waals surface area contributed by atoms with Gasteiger partial charge in [-0.25, -0.2) is 4.98 Å². The van der Waals surface area contributed by atoms with E-state index in [1.54, 1.807) is 6.20 Å². The zero-order valence-electron chi connectivity index (χ0n) is 13.3. The van der Waals surface area contributed by atoms with Crippen LogP contribution in [-0.4, -0.2) is 16.9 Å². The van der Waals surface area contributed by atoms with Gasteiger partial charge < -0.3 is 10.6 Å². The second kappa shape index (κ2) is 7.77. The maximum Gasteiger partial charge on any atom is 0.228 e. The van der Waals surface area contributed by atoms with E-state index in [0.29, 0.717) is 12.5 Å². The summed E-state index contributed by atoms with van der Waals surface area (Å²) in [6.07, 6.45) is 8.47. The Morgan fingerprint density at radius 2 is 1.83 bits per heavy atom. The summed E-state index contributed by atoms with van der Waals surface area (Å²) >= 11 is 0. The molecule has 2 aromatic rings. The number of hydrogen-bond donors (Lipinski definition) is 2. The quantitative estimate of drug-likeness (QED) is 0.877. The minimum atomic E-state index is -0.0222. The van der Waals surface area contributed by atoms with Crippen molar-refractivity contribution in [3.8, 4) is 0 Å². The molecule has 3 rings (SSSR count). The lowest BCUT2D eigenvalue weighted by atomic mass is 9.95. The van der Waals surface area contributed by atoms with Crippen molar-refractivity contribution in [1.29, 1.82) is 0 Å². The summed E-state index contributed by atoms with van der Waals surface area (Å²) in [6.45, 7) is 0. The lowest BCUT2D eigenvalue weighted by Gasteiger charge is -2.23. The van der Waals surface area contributed by atoms with Crippen molar-refractivity contribution in [2.75, 3.05) is 10.6 Å². The zero-order valence-corrected chi connectivity index (χ0v) is 13.3. The highest BCUT2D eigenvalue weighted by Crippen LogP contribution is 2.21. The number of pyridine rings is 1. The maximum atomic E-state index is 12.0. The molecule has 0 saturated heterocycles. The molecular weight excluding hydrogens is 286 g/mol. The van der Waals surface area contributed by atoms with Crippen LogP contribution < -0.4 is 10.6 Å². The number of benzene rings is 1. The van der Waals surface area contributed by atoms with E-state index in [4.69, 9.17) is 0 Å². The predicted octanol–water partition coefficient (Wildman–Crippen LogP) is 4.01. The molecule has 0 radical (unpaired) electrons. The number of carbonyl (C=O) groups is 1. The SMILES string of the molecule is O=C(Cc1ccccc1)Nc1ccc(NC2CCCCC2)nc1. The van der Waals surface area contributed by atoms with Crippen LogP contribution >= 0.6 is 0 Å². The van der Waals surface area contributed by atoms with Gasteiger partial charge in [0.1, 0.15) is 5.82 Å². The van der Waals surface area contributed by atoms with E-state index in [1.807, 2.05) is 42.5 Å². The van der Waals surface area contributed by atoms with Crippen molar-refractivity contribution in [2.24, 2.45) is 0 Å². The van der Waals surface area contributed by atoms with Gasteiger partial charge in [-0.05, 0) is 30.5 Å². The van der Waals surface area contributed by atoms with Crippen LogP contribution in [0.5, 0.6) is 0 Å². The standard InChI is InChI=1S/C19H23N3O/c23-19(13-15-7-3-1-4-8-15)22-17-11-12-18(20-14-17)21-16-9-5-2-6-10-16/h1,3-4,7-8,11-12,14,16H,2,5-6,9-10,13H2,(H,20,21)(H,22,23). The van der Waals surface area contributed by atoms with Crippen molar-refractivity contribution in [3.05, 3.63) is 54.2 Å². The Morgan fingerprint density at radius 1 is 1.04 bits per heavy atom. The van der Waals surface area contributed by atoms with Crippen molar-refractivity contribution in [2.45, 2.75) is 44.6 Å². The molecule has 1 aromatic heterocycles. The second-order valence-corrected chi connectivity index (χ2v) is 6.12. The monoisotopic (exact) mass is 309 g/mol. The molecule has 1 fully saturated rings. The Hall–Kier alpha value is -2.36. The first kappa shape index (κ1) is 15.5. The summed E-state index contributed by atoms with van der Waals surface area (Å²) in [5.74, 6) is 0.865. The average molecular weight is 309 g/mol. The maximum absolute atomic E-state index is 12.0. The largest absolute Gasteiger partial charge is 0.367 e. The average Bonchev–Trinajstić information content (AvgIpc) is 2.58. The Kier molecular flexibility index (Phi) is 5.25. The molecule has 0 bridgehead atoms. The second-order valence-electron chi connectivity index (χ2n) is 6.12. The van der Waals surface area contributed by atoms with Gasteiger partial charge >= 0.3 is 0 Å². The fraction of sp³-hybridized carbons (Fsp3) is 0.368. The lowest BCUT2D eigenvalue weighted by molar-refractivity contribution is -0.115. The molecule has 0 spiro atoms. The van der Waals surface area contributed by atoms with E-state index in [9.17, 15) is 4.79 Å². The van der Waals surface area contributed by atoms with Crippen molar-refractivity contribution >= 4 is 17.4 Å². The zero-order chi connectivity index (χ0) is 15.9. The Bertz CT molecular complexity index is 619. The minimum Gasteiger partial charge on any atom is -0.367 e. The van der Waals surface area contributed by atoms with Crippen molar-refractivity contribution in [3.63, 3.8) is 0 Å². The van der Waals surface area contributed by atoms with Crippen LogP contribution in [0.15, 0.2) is 48.7 Å². The van der Waals surface area contributed by atoms with Gasteiger partial charge in [-0.1, -0.05) is 49.6 Å². The Morgan fingerprint density at radius 3 is 2.52 bits per heavy atom. The van der Waals surface area contributed by atoms with Gasteiger partial charge in [0, 0.05) is 6.04 Å². The normalized spacial score (nSPS) is 15.1. The van der Waals surface area contributed by atoms with Gasteiger partial charge in [0.15, 0.2) is 0 Å². The van der Waals surface area contributed by atoms with Crippen LogP contribution in [0, 0.1) is 0 Å². The number of aromatic nitrogens is 1. The smallest absolute Gasteiger partial charge is 0.228 e. The fourth-order valence-electron chi connectivity index (χ4n) is 3.00. The molecule has 4 heteroatoms. The first-order chi connectivity index (χ1) is 11.3. The topological polar surface area (TPSA) is 54.0 Å². The van der Waals surface area contributed by atoms with Crippen LogP contribution in [-0.2, 0) is 11.2 Å². The molecule has 0 aliphatic heterocycles. The van der Waals surface area contributed by atoms with Gasteiger partial charge in [0.05, 0.1) is 18.3 Å². The number of hydrogen-bond acceptors (Lipinski definition) is 3. The molecule has 1 saturated carbocycles. The van der Waals surface area contributed by atoms with E-state index in [2.05, 4.69) is 15.6 Å². The summed E-state index contributed by atoms with van der Waals surface area (Å²) in [4.78, 5) is 16.4. The molecule has 0 atom stereocenters. The third-order valence-electron chi connectivity index (χ3n) is 4.21. The van der Waals surface area contributed by atoms with E-state index in [0.717, 1.165) is 17.1 Å². The number of nitrogens with zero attached hydrogens (tertiary/aromatic N) is 1. The van der Waals surface area contributed by atoms with Crippen LogP contribution in [0.1, 0.15) is 37.7 Å². The third-order valence-corrected chi connectivity index (χ3v) is 4.21. The van der Waals surface area contributed by atoms with Crippen LogP contribution in [0.3, 0.4) is 0 Å². The van der Waals surface area contributed by atoms with E-state index in [-0.39, 0.29) is 5.91 Å². The molecule has 23 heavy (non-hydrogen) atoms. The molecule has 120 valence electrons. The molecule has 1 amide bonds. The Labute approximate surface area is 137 Å². The molecule has 1 heterocycles. The number of anilines is 2. The van der Waals surface area contributed by atoms with Gasteiger partial charge in [-0.15, -0.1) is 0 Å². The summed E-state index contributed by atoms with van der Waals surface area (Å²) in [6, 6.07) is 14.1. The molecule has 4 nitrogen and oxygen atoms in total. The summed E-state index contributed by atoms with van der Waals surface area (Å²) < 4.78 is 0. The third kappa shape index (κ3) is 4.81. The van der Waals surface area contributed by atoms with Gasteiger partial charge in [-0.3, -0.25) is 4.79 Å². The highest BCUT2D eigenvalue weighted by atomic mass is 16.1. The summed E-state index contributed by atoms with van der Waals surface area (Å²) in [7, 11) is 0. The van der Waals surface area contributed by atoms with E-state index in [1.165, 1.54) is 32.1 Å². The summed E-state index contributed by atoms with van der Waals surface area (Å²) in [5, 5.41) is 6.37. The molecule has 1 aliphatic carbocycles. The fourth-order valence-corrected chi connectivity index (χ4v) is 3.00. The molecular formula is C19H23N3O. The predicted molar refractivity (Wildman–Crippen MR) is 93.5 cm³/mol. The lowest BCUT2D eigenvalue weighted by Crippen LogP contribution is -2.22. The highest BCUT2D eigenvalue weighted by Gasteiger charge is 2.13. The van der Waals surface area contributed by atoms with E-state index >= 15 is 0 Å². The molecule has 1 aliphatic rings. The van der Waals surface area contributed by atoms with Crippen LogP contribution in [0.25, 0.3) is 0 Å². The van der Waals surface area contributed by atoms with Crippen LogP contribution in [0.4, 0.5) is 11.5 Å². The summed E-state index contributed by atoms with van der Waals surface area (Å²) in [5.41, 5.74) is 1.74. The molecule has 1 aromatic carbocycles. The van der Waals surface area contributed by atoms with Gasteiger partial charge in [-0.2, -0.15) is 0 Å². The first-order valence-corrected chi connectivity index (χ1v) is 8.36. The highest BCUT2D eigenvalue weighted by molar-refractivity contribution is 5.92. The Balaban J connectivity index is 1.51. The van der Waals surface area contributed by atoms with Gasteiger partial charge in [0.2, 0.25) is 5.91 Å². The number of rotatable bonds is 5. The molecule has 0 unspecified atom stereocenters. The minimum absolute atomic E-state index is 0.0222. The van der Waals surface area contributed by atoms with Crippen LogP contribution in [0.2, 0.25) is 0 Å². The first-order valence-electron chi connectivity index (χ1n) is 8.36. The molecule has 2 N–H and O–H groups in total. The van der Waals surface area contributed by atoms with Gasteiger partial charge in [0.25, 0.3) is 0 Å². The van der Waals surface area contributed by atoms with Crippen molar-refractivity contribution in [1.82, 2.24) is 4.98 Å². The number of amides is 1. The van der Waals surface area contributed by atoms with E-state index < -0.39 is 0 Å².